The molecule has 1 aliphatic heterocycles. The third kappa shape index (κ3) is 2.82. The maximum Gasteiger partial charge on any atom is 0.243 e. The van der Waals surface area contributed by atoms with Crippen LogP contribution in [0.3, 0.4) is 0 Å². The number of nitrogens with one attached hydrogen (secondary N) is 2. The predicted molar refractivity (Wildman–Crippen MR) is 69.2 cm³/mol. The van der Waals surface area contributed by atoms with Gasteiger partial charge in [-0.2, -0.15) is 0 Å². The average Bonchev–Trinajstić information content (AvgIpc) is 2.76. The van der Waals surface area contributed by atoms with Crippen molar-refractivity contribution in [3.05, 3.63) is 34.9 Å². The zero-order chi connectivity index (χ0) is 13.1. The van der Waals surface area contributed by atoms with E-state index in [1.165, 1.54) is 0 Å². The Morgan fingerprint density at radius 3 is 2.83 bits per heavy atom. The number of hydrogen-bond acceptors (Lipinski definition) is 2. The molecule has 2 amide bonds. The summed E-state index contributed by atoms with van der Waals surface area (Å²) in [5.74, 6) is -0.228. The summed E-state index contributed by atoms with van der Waals surface area (Å²) in [7, 11) is 0. The molecule has 5 heteroatoms. The van der Waals surface area contributed by atoms with Crippen LogP contribution < -0.4 is 10.6 Å². The molecule has 2 N–H and O–H groups in total. The highest BCUT2D eigenvalue weighted by atomic mass is 35.5. The summed E-state index contributed by atoms with van der Waals surface area (Å²) in [5, 5.41) is 6.13. The minimum absolute atomic E-state index is 0.0689. The maximum absolute atomic E-state index is 11.9. The van der Waals surface area contributed by atoms with E-state index < -0.39 is 6.04 Å². The molecule has 2 rings (SSSR count). The van der Waals surface area contributed by atoms with Crippen LogP contribution in [0.5, 0.6) is 0 Å². The van der Waals surface area contributed by atoms with E-state index in [1.54, 1.807) is 6.07 Å². The molecule has 0 bridgehead atoms. The van der Waals surface area contributed by atoms with Gasteiger partial charge in [0.05, 0.1) is 6.04 Å². The minimum Gasteiger partial charge on any atom is -0.348 e. The summed E-state index contributed by atoms with van der Waals surface area (Å²) < 4.78 is 0. The Balaban J connectivity index is 1.99. The van der Waals surface area contributed by atoms with Crippen LogP contribution in [0.25, 0.3) is 0 Å². The number of carbonyl (C=O) groups excluding carboxylic acids is 2. The minimum atomic E-state index is -0.414. The second kappa shape index (κ2) is 5.40. The molecule has 18 heavy (non-hydrogen) atoms. The maximum atomic E-state index is 11.9. The van der Waals surface area contributed by atoms with Gasteiger partial charge in [-0.25, -0.2) is 0 Å². The number of rotatable bonds is 3. The van der Waals surface area contributed by atoms with Gasteiger partial charge >= 0.3 is 0 Å². The van der Waals surface area contributed by atoms with Gasteiger partial charge in [-0.1, -0.05) is 29.8 Å². The fourth-order valence-electron chi connectivity index (χ4n) is 2.03. The normalized spacial score (nSPS) is 20.3. The van der Waals surface area contributed by atoms with Crippen molar-refractivity contribution in [2.75, 3.05) is 0 Å². The first-order valence-corrected chi connectivity index (χ1v) is 6.30. The Bertz CT molecular complexity index is 476. The molecule has 1 aliphatic rings. The van der Waals surface area contributed by atoms with Crippen molar-refractivity contribution in [1.29, 1.82) is 0 Å². The number of benzene rings is 1. The molecule has 1 aromatic rings. The fourth-order valence-corrected chi connectivity index (χ4v) is 2.33. The highest BCUT2D eigenvalue weighted by molar-refractivity contribution is 6.31. The van der Waals surface area contributed by atoms with Crippen LogP contribution in [0.4, 0.5) is 0 Å². The van der Waals surface area contributed by atoms with Gasteiger partial charge in [0.1, 0.15) is 6.04 Å². The standard InChI is InChI=1S/C13H15ClN2O2/c1-8(9-4-2-3-5-10(9)14)15-13(18)11-6-7-12(17)16-11/h2-5,8,11H,6-7H2,1H3,(H,15,18)(H,16,17). The fraction of sp³-hybridized carbons (Fsp3) is 0.385. The molecule has 0 radical (unpaired) electrons. The van der Waals surface area contributed by atoms with E-state index in [9.17, 15) is 9.59 Å². The van der Waals surface area contributed by atoms with E-state index >= 15 is 0 Å². The van der Waals surface area contributed by atoms with E-state index in [0.717, 1.165) is 5.56 Å². The third-order valence-electron chi connectivity index (χ3n) is 3.04. The Morgan fingerprint density at radius 1 is 1.50 bits per heavy atom. The Kier molecular flexibility index (Phi) is 3.87. The second-order valence-electron chi connectivity index (χ2n) is 4.41. The molecule has 2 unspecified atom stereocenters. The van der Waals surface area contributed by atoms with Crippen LogP contribution >= 0.6 is 11.6 Å². The summed E-state index contributed by atoms with van der Waals surface area (Å²) in [5.41, 5.74) is 0.872. The summed E-state index contributed by atoms with van der Waals surface area (Å²) in [4.78, 5) is 23.0. The molecule has 1 aromatic carbocycles. The van der Waals surface area contributed by atoms with E-state index in [4.69, 9.17) is 11.6 Å². The molecule has 0 aliphatic carbocycles. The van der Waals surface area contributed by atoms with Crippen LogP contribution in [-0.2, 0) is 9.59 Å². The van der Waals surface area contributed by atoms with Crippen molar-refractivity contribution in [2.24, 2.45) is 0 Å². The lowest BCUT2D eigenvalue weighted by molar-refractivity contribution is -0.126. The average molecular weight is 267 g/mol. The van der Waals surface area contributed by atoms with Crippen LogP contribution in [0.15, 0.2) is 24.3 Å². The topological polar surface area (TPSA) is 58.2 Å². The lowest BCUT2D eigenvalue weighted by atomic mass is 10.1. The first kappa shape index (κ1) is 12.9. The van der Waals surface area contributed by atoms with Crippen molar-refractivity contribution in [3.63, 3.8) is 0 Å². The molecular weight excluding hydrogens is 252 g/mol. The van der Waals surface area contributed by atoms with Crippen LogP contribution in [-0.4, -0.2) is 17.9 Å². The molecule has 1 heterocycles. The van der Waals surface area contributed by atoms with Gasteiger partial charge in [0.15, 0.2) is 0 Å². The van der Waals surface area contributed by atoms with Crippen molar-refractivity contribution >= 4 is 23.4 Å². The van der Waals surface area contributed by atoms with Crippen LogP contribution in [0, 0.1) is 0 Å². The molecule has 96 valence electrons. The molecule has 4 nitrogen and oxygen atoms in total. The van der Waals surface area contributed by atoms with Crippen molar-refractivity contribution in [2.45, 2.75) is 31.8 Å². The zero-order valence-corrected chi connectivity index (χ0v) is 10.8. The SMILES string of the molecule is CC(NC(=O)C1CCC(=O)N1)c1ccccc1Cl. The Morgan fingerprint density at radius 2 is 2.22 bits per heavy atom. The van der Waals surface area contributed by atoms with E-state index in [-0.39, 0.29) is 17.9 Å². The quantitative estimate of drug-likeness (QED) is 0.876. The second-order valence-corrected chi connectivity index (χ2v) is 4.82. The van der Waals surface area contributed by atoms with Gasteiger partial charge < -0.3 is 10.6 Å². The lowest BCUT2D eigenvalue weighted by Gasteiger charge is -2.18. The van der Waals surface area contributed by atoms with E-state index in [2.05, 4.69) is 10.6 Å². The predicted octanol–water partition coefficient (Wildman–Crippen LogP) is 1.80. The summed E-state index contributed by atoms with van der Waals surface area (Å²) in [6.45, 7) is 1.87. The number of halogens is 1. The van der Waals surface area contributed by atoms with Gasteiger partial charge in [-0.05, 0) is 25.0 Å². The highest BCUT2D eigenvalue weighted by Crippen LogP contribution is 2.22. The zero-order valence-electron chi connectivity index (χ0n) is 10.1. The first-order chi connectivity index (χ1) is 8.58. The smallest absolute Gasteiger partial charge is 0.243 e. The molecule has 1 fully saturated rings. The molecule has 0 aromatic heterocycles. The van der Waals surface area contributed by atoms with Crippen LogP contribution in [0.1, 0.15) is 31.4 Å². The van der Waals surface area contributed by atoms with Gasteiger partial charge in [-0.15, -0.1) is 0 Å². The van der Waals surface area contributed by atoms with Gasteiger partial charge in [0.25, 0.3) is 0 Å². The summed E-state index contributed by atoms with van der Waals surface area (Å²) in [6.07, 6.45) is 0.971. The van der Waals surface area contributed by atoms with Crippen molar-refractivity contribution in [3.8, 4) is 0 Å². The number of carbonyl (C=O) groups is 2. The highest BCUT2D eigenvalue weighted by Gasteiger charge is 2.28. The van der Waals surface area contributed by atoms with Gasteiger partial charge in [0.2, 0.25) is 11.8 Å². The Labute approximate surface area is 111 Å². The molecule has 1 saturated heterocycles. The van der Waals surface area contributed by atoms with Crippen LogP contribution in [0.2, 0.25) is 5.02 Å². The lowest BCUT2D eigenvalue weighted by Crippen LogP contribution is -2.42. The molecule has 0 spiro atoms. The Hall–Kier alpha value is -1.55. The largest absolute Gasteiger partial charge is 0.348 e. The molecule has 0 saturated carbocycles. The molecular formula is C13H15ClN2O2. The third-order valence-corrected chi connectivity index (χ3v) is 3.39. The van der Waals surface area contributed by atoms with Crippen molar-refractivity contribution < 1.29 is 9.59 Å². The van der Waals surface area contributed by atoms with Crippen molar-refractivity contribution in [1.82, 2.24) is 10.6 Å². The monoisotopic (exact) mass is 266 g/mol. The van der Waals surface area contributed by atoms with Gasteiger partial charge in [-0.3, -0.25) is 9.59 Å². The van der Waals surface area contributed by atoms with Gasteiger partial charge in [0, 0.05) is 11.4 Å². The molecule has 2 atom stereocenters. The number of hydrogen-bond donors (Lipinski definition) is 2. The summed E-state index contributed by atoms with van der Waals surface area (Å²) in [6, 6.07) is 6.79. The number of amides is 2. The first-order valence-electron chi connectivity index (χ1n) is 5.92. The van der Waals surface area contributed by atoms with E-state index in [1.807, 2.05) is 25.1 Å². The summed E-state index contributed by atoms with van der Waals surface area (Å²) >= 11 is 6.06. The van der Waals surface area contributed by atoms with E-state index in [0.29, 0.717) is 17.9 Å².